The molecule has 0 aliphatic carbocycles. The normalized spacial score (nSPS) is 9.42. The minimum absolute atomic E-state index is 0.372. The van der Waals surface area contributed by atoms with Crippen molar-refractivity contribution < 1.29 is 0 Å². The van der Waals surface area contributed by atoms with Gasteiger partial charge in [0.05, 0.1) is 16.3 Å². The second-order valence-corrected chi connectivity index (χ2v) is 2.84. The number of aryl methyl sites for hydroxylation is 1. The number of nitrogens with zero attached hydrogens (tertiary/aromatic N) is 1. The van der Waals surface area contributed by atoms with Gasteiger partial charge in [-0.05, 0) is 18.1 Å². The van der Waals surface area contributed by atoms with Crippen LogP contribution in [0.3, 0.4) is 0 Å². The fourth-order valence-corrected chi connectivity index (χ4v) is 1.25. The standard InChI is InChI=1S/C9H9ClN2/c1-2-6-3-4-7(5-11)8(10)9(6)12/h3-4H,2,12H2,1H3. The van der Waals surface area contributed by atoms with Crippen LogP contribution in [0.15, 0.2) is 12.1 Å². The molecule has 0 bridgehead atoms. The van der Waals surface area contributed by atoms with Crippen LogP contribution >= 0.6 is 11.6 Å². The van der Waals surface area contributed by atoms with Crippen LogP contribution < -0.4 is 5.73 Å². The van der Waals surface area contributed by atoms with Crippen LogP contribution in [0.1, 0.15) is 18.1 Å². The molecular weight excluding hydrogens is 172 g/mol. The van der Waals surface area contributed by atoms with Gasteiger partial charge in [-0.2, -0.15) is 5.26 Å². The van der Waals surface area contributed by atoms with Crippen molar-refractivity contribution in [2.24, 2.45) is 0 Å². The summed E-state index contributed by atoms with van der Waals surface area (Å²) >= 11 is 5.83. The summed E-state index contributed by atoms with van der Waals surface area (Å²) in [5.41, 5.74) is 7.63. The molecule has 0 atom stereocenters. The molecule has 0 aliphatic rings. The molecule has 0 amide bonds. The van der Waals surface area contributed by atoms with Crippen LogP contribution in [0.25, 0.3) is 0 Å². The number of anilines is 1. The van der Waals surface area contributed by atoms with E-state index in [-0.39, 0.29) is 0 Å². The van der Waals surface area contributed by atoms with Crippen LogP contribution in [0.5, 0.6) is 0 Å². The number of nitriles is 1. The van der Waals surface area contributed by atoms with E-state index in [1.165, 1.54) is 0 Å². The first-order valence-electron chi connectivity index (χ1n) is 3.67. The third kappa shape index (κ3) is 1.37. The lowest BCUT2D eigenvalue weighted by Gasteiger charge is -2.05. The Hall–Kier alpha value is -1.20. The predicted octanol–water partition coefficient (Wildman–Crippen LogP) is 2.36. The van der Waals surface area contributed by atoms with Gasteiger partial charge in [0.2, 0.25) is 0 Å². The molecule has 0 saturated carbocycles. The maximum atomic E-state index is 8.62. The highest BCUT2D eigenvalue weighted by Gasteiger charge is 2.06. The molecule has 3 heteroatoms. The van der Waals surface area contributed by atoms with Gasteiger partial charge in [-0.25, -0.2) is 0 Å². The summed E-state index contributed by atoms with van der Waals surface area (Å²) in [5.74, 6) is 0. The molecule has 1 aromatic rings. The van der Waals surface area contributed by atoms with E-state index in [4.69, 9.17) is 22.6 Å². The Bertz CT molecular complexity index is 339. The predicted molar refractivity (Wildman–Crippen MR) is 50.0 cm³/mol. The lowest BCUT2D eigenvalue weighted by molar-refractivity contribution is 1.14. The highest BCUT2D eigenvalue weighted by atomic mass is 35.5. The van der Waals surface area contributed by atoms with Gasteiger partial charge in [-0.3, -0.25) is 0 Å². The minimum Gasteiger partial charge on any atom is -0.397 e. The van der Waals surface area contributed by atoms with E-state index in [1.54, 1.807) is 6.07 Å². The first-order valence-corrected chi connectivity index (χ1v) is 4.05. The summed E-state index contributed by atoms with van der Waals surface area (Å²) in [6, 6.07) is 5.50. The van der Waals surface area contributed by atoms with Crippen molar-refractivity contribution >= 4 is 17.3 Å². The minimum atomic E-state index is 0.372. The molecule has 0 radical (unpaired) electrons. The molecule has 62 valence electrons. The average molecular weight is 181 g/mol. The number of rotatable bonds is 1. The zero-order chi connectivity index (χ0) is 9.14. The third-order valence-corrected chi connectivity index (χ3v) is 2.18. The molecule has 0 heterocycles. The smallest absolute Gasteiger partial charge is 0.101 e. The summed E-state index contributed by atoms with van der Waals surface area (Å²) in [7, 11) is 0. The molecular formula is C9H9ClN2. The van der Waals surface area contributed by atoms with Gasteiger partial charge in [0, 0.05) is 0 Å². The zero-order valence-electron chi connectivity index (χ0n) is 6.76. The molecule has 12 heavy (non-hydrogen) atoms. The SMILES string of the molecule is CCc1ccc(C#N)c(Cl)c1N. The number of nitrogens with two attached hydrogens (primary N) is 1. The fourth-order valence-electron chi connectivity index (χ4n) is 1.03. The van der Waals surface area contributed by atoms with E-state index in [9.17, 15) is 0 Å². The van der Waals surface area contributed by atoms with Crippen molar-refractivity contribution in [2.45, 2.75) is 13.3 Å². The van der Waals surface area contributed by atoms with E-state index < -0.39 is 0 Å². The van der Waals surface area contributed by atoms with Gasteiger partial charge < -0.3 is 5.73 Å². The Morgan fingerprint density at radius 1 is 1.58 bits per heavy atom. The topological polar surface area (TPSA) is 49.8 Å². The quantitative estimate of drug-likeness (QED) is 0.675. The maximum absolute atomic E-state index is 8.62. The first-order chi connectivity index (χ1) is 5.70. The van der Waals surface area contributed by atoms with Gasteiger partial charge in [-0.15, -0.1) is 0 Å². The van der Waals surface area contributed by atoms with E-state index in [0.717, 1.165) is 12.0 Å². The van der Waals surface area contributed by atoms with E-state index >= 15 is 0 Å². The Morgan fingerprint density at radius 2 is 2.25 bits per heavy atom. The van der Waals surface area contributed by atoms with Gasteiger partial charge in [0.25, 0.3) is 0 Å². The summed E-state index contributed by atoms with van der Waals surface area (Å²) in [6.45, 7) is 1.99. The number of halogens is 1. The fraction of sp³-hybridized carbons (Fsp3) is 0.222. The summed E-state index contributed by atoms with van der Waals surface area (Å²) in [4.78, 5) is 0. The van der Waals surface area contributed by atoms with Crippen molar-refractivity contribution in [3.63, 3.8) is 0 Å². The molecule has 0 unspecified atom stereocenters. The molecule has 0 fully saturated rings. The average Bonchev–Trinajstić information content (AvgIpc) is 2.10. The van der Waals surface area contributed by atoms with Crippen molar-refractivity contribution in [3.8, 4) is 6.07 Å². The van der Waals surface area contributed by atoms with Crippen molar-refractivity contribution in [2.75, 3.05) is 5.73 Å². The van der Waals surface area contributed by atoms with Crippen LogP contribution in [0.2, 0.25) is 5.02 Å². The molecule has 1 rings (SSSR count). The largest absolute Gasteiger partial charge is 0.397 e. The van der Waals surface area contributed by atoms with Crippen LogP contribution in [0, 0.1) is 11.3 Å². The highest BCUT2D eigenvalue weighted by Crippen LogP contribution is 2.26. The molecule has 0 aromatic heterocycles. The second-order valence-electron chi connectivity index (χ2n) is 2.47. The highest BCUT2D eigenvalue weighted by molar-refractivity contribution is 6.34. The molecule has 0 spiro atoms. The molecule has 1 aromatic carbocycles. The van der Waals surface area contributed by atoms with Gasteiger partial charge in [-0.1, -0.05) is 24.6 Å². The van der Waals surface area contributed by atoms with E-state index in [1.807, 2.05) is 19.1 Å². The van der Waals surface area contributed by atoms with Crippen LogP contribution in [-0.2, 0) is 6.42 Å². The number of hydrogen-bond donors (Lipinski definition) is 1. The van der Waals surface area contributed by atoms with Crippen LogP contribution in [-0.4, -0.2) is 0 Å². The second kappa shape index (κ2) is 3.46. The molecule has 0 aliphatic heterocycles. The molecule has 2 nitrogen and oxygen atoms in total. The lowest BCUT2D eigenvalue weighted by atomic mass is 10.1. The summed E-state index contributed by atoms with van der Waals surface area (Å²) in [6.07, 6.45) is 0.831. The number of benzene rings is 1. The van der Waals surface area contributed by atoms with Crippen molar-refractivity contribution in [3.05, 3.63) is 28.3 Å². The molecule has 2 N–H and O–H groups in total. The summed E-state index contributed by atoms with van der Waals surface area (Å²) in [5, 5.41) is 8.99. The maximum Gasteiger partial charge on any atom is 0.101 e. The zero-order valence-corrected chi connectivity index (χ0v) is 7.52. The monoisotopic (exact) mass is 180 g/mol. The first kappa shape index (κ1) is 8.89. The van der Waals surface area contributed by atoms with E-state index in [2.05, 4.69) is 0 Å². The number of hydrogen-bond acceptors (Lipinski definition) is 2. The third-order valence-electron chi connectivity index (χ3n) is 1.77. The Kier molecular flexibility index (Phi) is 2.57. The van der Waals surface area contributed by atoms with E-state index in [0.29, 0.717) is 16.3 Å². The summed E-state index contributed by atoms with van der Waals surface area (Å²) < 4.78 is 0. The lowest BCUT2D eigenvalue weighted by Crippen LogP contribution is -1.95. The van der Waals surface area contributed by atoms with Gasteiger partial charge >= 0.3 is 0 Å². The molecule has 0 saturated heterocycles. The van der Waals surface area contributed by atoms with Crippen molar-refractivity contribution in [1.82, 2.24) is 0 Å². The van der Waals surface area contributed by atoms with Gasteiger partial charge in [0.1, 0.15) is 6.07 Å². The Labute approximate surface area is 76.6 Å². The van der Waals surface area contributed by atoms with Crippen molar-refractivity contribution in [1.29, 1.82) is 5.26 Å². The Balaban J connectivity index is 3.32. The van der Waals surface area contributed by atoms with Crippen LogP contribution in [0.4, 0.5) is 5.69 Å². The number of nitrogen functional groups attached to an aromatic ring is 1. The Morgan fingerprint density at radius 3 is 2.75 bits per heavy atom. The van der Waals surface area contributed by atoms with Gasteiger partial charge in [0.15, 0.2) is 0 Å².